The maximum absolute atomic E-state index is 4.27. The van der Waals surface area contributed by atoms with Gasteiger partial charge in [0, 0.05) is 23.1 Å². The second kappa shape index (κ2) is 8.72. The molecule has 2 N–H and O–H groups in total. The van der Waals surface area contributed by atoms with E-state index in [1.54, 1.807) is 0 Å². The summed E-state index contributed by atoms with van der Waals surface area (Å²) in [6.07, 6.45) is 15.5. The summed E-state index contributed by atoms with van der Waals surface area (Å²) in [4.78, 5) is 3.24. The fraction of sp³-hybridized carbons (Fsp3) is 0.476. The smallest absolute Gasteiger partial charge is 0.0880 e. The van der Waals surface area contributed by atoms with Crippen molar-refractivity contribution in [3.8, 4) is 0 Å². The Morgan fingerprint density at radius 1 is 1.00 bits per heavy atom. The quantitative estimate of drug-likeness (QED) is 0.683. The number of allylic oxidation sites excluding steroid dienone is 2. The molecule has 2 heterocycles. The topological polar surface area (TPSA) is 44.5 Å². The van der Waals surface area contributed by atoms with Gasteiger partial charge >= 0.3 is 0 Å². The highest BCUT2D eigenvalue weighted by Gasteiger charge is 2.15. The molecule has 3 heteroatoms. The van der Waals surface area contributed by atoms with Crippen molar-refractivity contribution in [2.45, 2.75) is 66.2 Å². The van der Waals surface area contributed by atoms with Crippen molar-refractivity contribution in [3.05, 3.63) is 52.1 Å². The maximum atomic E-state index is 4.27. The van der Waals surface area contributed by atoms with Crippen LogP contribution in [0.4, 0.5) is 0 Å². The van der Waals surface area contributed by atoms with E-state index in [-0.39, 0.29) is 0 Å². The Labute approximate surface area is 146 Å². The lowest BCUT2D eigenvalue weighted by Gasteiger charge is -2.08. The largest absolute Gasteiger partial charge is 0.361 e. The molecule has 0 radical (unpaired) electrons. The molecule has 2 aromatic heterocycles. The van der Waals surface area contributed by atoms with Crippen LogP contribution in [0.5, 0.6) is 0 Å². The third kappa shape index (κ3) is 4.08. The van der Waals surface area contributed by atoms with Gasteiger partial charge in [-0.15, -0.1) is 0 Å². The molecular weight excluding hydrogens is 294 g/mol. The normalized spacial score (nSPS) is 14.2. The molecule has 4 rings (SSSR count). The van der Waals surface area contributed by atoms with Crippen molar-refractivity contribution in [2.75, 3.05) is 0 Å². The van der Waals surface area contributed by atoms with Crippen molar-refractivity contribution in [2.24, 2.45) is 0 Å². The van der Waals surface area contributed by atoms with Gasteiger partial charge in [-0.1, -0.05) is 39.8 Å². The number of aromatic amines is 2. The van der Waals surface area contributed by atoms with E-state index in [0.717, 1.165) is 18.5 Å². The van der Waals surface area contributed by atoms with Gasteiger partial charge < -0.3 is 4.98 Å². The second-order valence-electron chi connectivity index (χ2n) is 6.40. The van der Waals surface area contributed by atoms with Crippen molar-refractivity contribution >= 4 is 12.2 Å². The first-order chi connectivity index (χ1) is 11.7. The molecule has 0 atom stereocenters. The molecule has 0 bridgehead atoms. The minimum atomic E-state index is 0.563. The van der Waals surface area contributed by atoms with Crippen LogP contribution < -0.4 is 0 Å². The maximum Gasteiger partial charge on any atom is 0.0880 e. The first-order valence-corrected chi connectivity index (χ1v) is 9.24. The standard InChI is InChI=1S/C10H14N2.C9H11N.C2H6/c1-7(2)10-8-5-3-4-6-9(8)11-12-10;1-7-6-10-9-5-3-2-4-8(7)9;1-2/h4,6-7H,3,5H2,1-2H3,(H,11,12);3,5-6,10H,2,4H2,1H3;1-2H3. The molecule has 0 spiro atoms. The SMILES string of the molecule is CC.CC(C)c1[nH]nc2c1CCC=C2.Cc1c[nH]c2c1CCC=C2. The first-order valence-electron chi connectivity index (χ1n) is 9.24. The van der Waals surface area contributed by atoms with Crippen LogP contribution in [0.1, 0.15) is 80.2 Å². The third-order valence-corrected chi connectivity index (χ3v) is 4.44. The Balaban J connectivity index is 0.000000160. The number of nitrogens with one attached hydrogen (secondary N) is 2. The summed E-state index contributed by atoms with van der Waals surface area (Å²) in [6, 6.07) is 0. The molecule has 2 aliphatic carbocycles. The van der Waals surface area contributed by atoms with Gasteiger partial charge in [0.2, 0.25) is 0 Å². The van der Waals surface area contributed by atoms with Crippen LogP contribution in [0.3, 0.4) is 0 Å². The van der Waals surface area contributed by atoms with Crippen molar-refractivity contribution in [1.29, 1.82) is 0 Å². The zero-order valence-electron chi connectivity index (χ0n) is 15.7. The van der Waals surface area contributed by atoms with Crippen LogP contribution in [0.2, 0.25) is 0 Å². The lowest BCUT2D eigenvalue weighted by atomic mass is 9.97. The summed E-state index contributed by atoms with van der Waals surface area (Å²) in [5.74, 6) is 0.563. The minimum Gasteiger partial charge on any atom is -0.361 e. The summed E-state index contributed by atoms with van der Waals surface area (Å²) < 4.78 is 0. The summed E-state index contributed by atoms with van der Waals surface area (Å²) in [5, 5.41) is 7.38. The Morgan fingerprint density at radius 3 is 2.33 bits per heavy atom. The van der Waals surface area contributed by atoms with Gasteiger partial charge in [0.1, 0.15) is 0 Å². The molecule has 24 heavy (non-hydrogen) atoms. The zero-order valence-corrected chi connectivity index (χ0v) is 15.7. The molecule has 0 amide bonds. The van der Waals surface area contributed by atoms with Gasteiger partial charge in [-0.3, -0.25) is 5.10 Å². The van der Waals surface area contributed by atoms with Crippen LogP contribution >= 0.6 is 0 Å². The van der Waals surface area contributed by atoms with E-state index >= 15 is 0 Å². The van der Waals surface area contributed by atoms with Crippen LogP contribution in [0, 0.1) is 6.92 Å². The number of H-pyrrole nitrogens is 2. The molecule has 0 saturated heterocycles. The Hall–Kier alpha value is -2.03. The van der Waals surface area contributed by atoms with Crippen molar-refractivity contribution < 1.29 is 0 Å². The molecule has 2 aliphatic rings. The van der Waals surface area contributed by atoms with Crippen LogP contribution in [-0.4, -0.2) is 15.2 Å². The molecule has 130 valence electrons. The van der Waals surface area contributed by atoms with E-state index in [2.05, 4.69) is 66.5 Å². The summed E-state index contributed by atoms with van der Waals surface area (Å²) in [7, 11) is 0. The number of rotatable bonds is 1. The second-order valence-corrected chi connectivity index (χ2v) is 6.40. The highest BCUT2D eigenvalue weighted by Crippen LogP contribution is 2.25. The highest BCUT2D eigenvalue weighted by atomic mass is 15.1. The number of fused-ring (bicyclic) bond motifs is 2. The van der Waals surface area contributed by atoms with Crippen LogP contribution in [0.15, 0.2) is 18.3 Å². The van der Waals surface area contributed by atoms with Gasteiger partial charge in [-0.25, -0.2) is 0 Å². The molecule has 2 aromatic rings. The molecule has 0 unspecified atom stereocenters. The van der Waals surface area contributed by atoms with Crippen molar-refractivity contribution in [1.82, 2.24) is 15.2 Å². The van der Waals surface area contributed by atoms with Gasteiger partial charge in [-0.05, 0) is 61.8 Å². The van der Waals surface area contributed by atoms with Gasteiger partial charge in [-0.2, -0.15) is 5.10 Å². The Morgan fingerprint density at radius 2 is 1.67 bits per heavy atom. The predicted molar refractivity (Wildman–Crippen MR) is 104 cm³/mol. The monoisotopic (exact) mass is 325 g/mol. The fourth-order valence-corrected chi connectivity index (χ4v) is 3.18. The Bertz CT molecular complexity index is 699. The van der Waals surface area contributed by atoms with E-state index in [4.69, 9.17) is 0 Å². The molecule has 3 nitrogen and oxygen atoms in total. The van der Waals surface area contributed by atoms with Gasteiger partial charge in [0.05, 0.1) is 5.69 Å². The summed E-state index contributed by atoms with van der Waals surface area (Å²) in [6.45, 7) is 10.6. The van der Waals surface area contributed by atoms with Crippen LogP contribution in [0.25, 0.3) is 12.2 Å². The number of aromatic nitrogens is 3. The van der Waals surface area contributed by atoms with Crippen LogP contribution in [-0.2, 0) is 12.8 Å². The molecule has 0 fully saturated rings. The van der Waals surface area contributed by atoms with Gasteiger partial charge in [0.15, 0.2) is 0 Å². The predicted octanol–water partition coefficient (Wildman–Crippen LogP) is 5.80. The summed E-state index contributed by atoms with van der Waals surface area (Å²) >= 11 is 0. The number of aryl methyl sites for hydroxylation is 1. The van der Waals surface area contributed by atoms with E-state index in [1.807, 2.05) is 13.8 Å². The molecular formula is C21H31N3. The zero-order chi connectivity index (χ0) is 17.5. The first kappa shape index (κ1) is 18.3. The van der Waals surface area contributed by atoms with E-state index in [9.17, 15) is 0 Å². The van der Waals surface area contributed by atoms with E-state index < -0.39 is 0 Å². The fourth-order valence-electron chi connectivity index (χ4n) is 3.18. The molecule has 0 saturated carbocycles. The lowest BCUT2D eigenvalue weighted by Crippen LogP contribution is -1.97. The van der Waals surface area contributed by atoms with Gasteiger partial charge in [0.25, 0.3) is 0 Å². The number of hydrogen-bond donors (Lipinski definition) is 2. The molecule has 0 aromatic carbocycles. The summed E-state index contributed by atoms with van der Waals surface area (Å²) in [5.41, 5.74) is 8.09. The lowest BCUT2D eigenvalue weighted by molar-refractivity contribution is 0.792. The number of nitrogens with zero attached hydrogens (tertiary/aromatic N) is 1. The Kier molecular flexibility index (Phi) is 6.65. The average molecular weight is 326 g/mol. The van der Waals surface area contributed by atoms with E-state index in [1.165, 1.54) is 40.9 Å². The molecule has 0 aliphatic heterocycles. The van der Waals surface area contributed by atoms with E-state index in [0.29, 0.717) is 5.92 Å². The highest BCUT2D eigenvalue weighted by molar-refractivity contribution is 5.55. The minimum absolute atomic E-state index is 0.563. The van der Waals surface area contributed by atoms with Crippen molar-refractivity contribution in [3.63, 3.8) is 0 Å². The number of hydrogen-bond acceptors (Lipinski definition) is 1. The average Bonchev–Trinajstić information content (AvgIpc) is 3.22. The third-order valence-electron chi connectivity index (χ3n) is 4.44.